The average Bonchev–Trinajstić information content (AvgIpc) is 2.36. The summed E-state index contributed by atoms with van der Waals surface area (Å²) in [5.41, 5.74) is 2.30. The Kier molecular flexibility index (Phi) is 7.62. The number of aromatic nitrogens is 1. The van der Waals surface area contributed by atoms with Crippen LogP contribution in [-0.4, -0.2) is 18.1 Å². The summed E-state index contributed by atoms with van der Waals surface area (Å²) in [4.78, 5) is 4.40. The van der Waals surface area contributed by atoms with E-state index in [1.165, 1.54) is 12.0 Å². The SMILES string of the molecule is CCNCc1cccnc1COCCCC(C)C. The minimum atomic E-state index is 0.625. The van der Waals surface area contributed by atoms with Gasteiger partial charge in [0.1, 0.15) is 0 Å². The van der Waals surface area contributed by atoms with Gasteiger partial charge in [-0.25, -0.2) is 0 Å². The molecule has 0 aliphatic carbocycles. The van der Waals surface area contributed by atoms with Gasteiger partial charge in [-0.1, -0.05) is 26.8 Å². The largest absolute Gasteiger partial charge is 0.375 e. The standard InChI is InChI=1S/C15H26N2O/c1-4-16-11-14-8-5-9-17-15(14)12-18-10-6-7-13(2)3/h5,8-9,13,16H,4,6-7,10-12H2,1-3H3. The Morgan fingerprint density at radius 1 is 1.39 bits per heavy atom. The molecule has 1 aromatic heterocycles. The first-order valence-electron chi connectivity index (χ1n) is 6.95. The molecule has 1 heterocycles. The lowest BCUT2D eigenvalue weighted by molar-refractivity contribution is 0.111. The molecule has 0 radical (unpaired) electrons. The summed E-state index contributed by atoms with van der Waals surface area (Å²) in [5.74, 6) is 0.757. The molecular formula is C15H26N2O. The molecule has 0 spiro atoms. The van der Waals surface area contributed by atoms with Crippen LogP contribution in [0.5, 0.6) is 0 Å². The Labute approximate surface area is 111 Å². The number of nitrogens with one attached hydrogen (secondary N) is 1. The van der Waals surface area contributed by atoms with E-state index in [0.717, 1.165) is 37.7 Å². The Bertz CT molecular complexity index is 326. The predicted molar refractivity (Wildman–Crippen MR) is 75.3 cm³/mol. The molecule has 0 saturated heterocycles. The molecule has 1 aromatic rings. The predicted octanol–water partition coefficient (Wildman–Crippen LogP) is 3.14. The second kappa shape index (κ2) is 9.06. The van der Waals surface area contributed by atoms with Gasteiger partial charge in [0.05, 0.1) is 12.3 Å². The van der Waals surface area contributed by atoms with E-state index >= 15 is 0 Å². The molecule has 0 saturated carbocycles. The summed E-state index contributed by atoms with van der Waals surface area (Å²) in [6.07, 6.45) is 4.20. The van der Waals surface area contributed by atoms with E-state index in [2.05, 4.69) is 37.1 Å². The van der Waals surface area contributed by atoms with E-state index in [9.17, 15) is 0 Å². The molecule has 3 heteroatoms. The third-order valence-corrected chi connectivity index (χ3v) is 2.86. The molecule has 18 heavy (non-hydrogen) atoms. The Hall–Kier alpha value is -0.930. The maximum atomic E-state index is 5.70. The third kappa shape index (κ3) is 6.12. The number of hydrogen-bond acceptors (Lipinski definition) is 3. The van der Waals surface area contributed by atoms with Gasteiger partial charge in [0.25, 0.3) is 0 Å². The van der Waals surface area contributed by atoms with Crippen molar-refractivity contribution < 1.29 is 4.74 Å². The van der Waals surface area contributed by atoms with Crippen LogP contribution in [0.4, 0.5) is 0 Å². The van der Waals surface area contributed by atoms with Gasteiger partial charge < -0.3 is 10.1 Å². The lowest BCUT2D eigenvalue weighted by Crippen LogP contribution is -2.14. The van der Waals surface area contributed by atoms with Crippen molar-refractivity contribution >= 4 is 0 Å². The molecule has 0 atom stereocenters. The number of pyridine rings is 1. The monoisotopic (exact) mass is 250 g/mol. The molecule has 102 valence electrons. The normalized spacial score (nSPS) is 11.1. The molecule has 0 unspecified atom stereocenters. The first-order chi connectivity index (χ1) is 8.74. The van der Waals surface area contributed by atoms with Crippen LogP contribution in [0, 0.1) is 5.92 Å². The van der Waals surface area contributed by atoms with E-state index in [1.54, 1.807) is 0 Å². The highest BCUT2D eigenvalue weighted by molar-refractivity contribution is 5.18. The fourth-order valence-electron chi connectivity index (χ4n) is 1.78. The Morgan fingerprint density at radius 2 is 2.22 bits per heavy atom. The van der Waals surface area contributed by atoms with Crippen molar-refractivity contribution in [1.29, 1.82) is 0 Å². The summed E-state index contributed by atoms with van der Waals surface area (Å²) >= 11 is 0. The van der Waals surface area contributed by atoms with Crippen LogP contribution in [0.1, 0.15) is 44.9 Å². The topological polar surface area (TPSA) is 34.2 Å². The summed E-state index contributed by atoms with van der Waals surface area (Å²) in [5, 5.41) is 3.33. The summed E-state index contributed by atoms with van der Waals surface area (Å²) in [6.45, 7) is 9.90. The van der Waals surface area contributed by atoms with Gasteiger partial charge in [0.15, 0.2) is 0 Å². The van der Waals surface area contributed by atoms with Gasteiger partial charge >= 0.3 is 0 Å². The Balaban J connectivity index is 2.32. The van der Waals surface area contributed by atoms with Crippen LogP contribution in [0.2, 0.25) is 0 Å². The van der Waals surface area contributed by atoms with E-state index in [4.69, 9.17) is 4.74 Å². The maximum absolute atomic E-state index is 5.70. The molecule has 1 N–H and O–H groups in total. The highest BCUT2D eigenvalue weighted by atomic mass is 16.5. The molecule has 0 aliphatic rings. The number of rotatable bonds is 9. The quantitative estimate of drug-likeness (QED) is 0.684. The van der Waals surface area contributed by atoms with Gasteiger partial charge in [-0.2, -0.15) is 0 Å². The zero-order valence-electron chi connectivity index (χ0n) is 11.9. The van der Waals surface area contributed by atoms with Crippen molar-refractivity contribution in [3.8, 4) is 0 Å². The van der Waals surface area contributed by atoms with Gasteiger partial charge in [0.2, 0.25) is 0 Å². The molecule has 0 aromatic carbocycles. The van der Waals surface area contributed by atoms with Gasteiger partial charge in [-0.05, 0) is 36.9 Å². The van der Waals surface area contributed by atoms with Crippen LogP contribution in [0.3, 0.4) is 0 Å². The molecule has 3 nitrogen and oxygen atoms in total. The third-order valence-electron chi connectivity index (χ3n) is 2.86. The van der Waals surface area contributed by atoms with Crippen LogP contribution in [-0.2, 0) is 17.9 Å². The minimum absolute atomic E-state index is 0.625. The molecule has 0 bridgehead atoms. The molecule has 0 amide bonds. The molecule has 0 fully saturated rings. The zero-order valence-corrected chi connectivity index (χ0v) is 11.9. The fraction of sp³-hybridized carbons (Fsp3) is 0.667. The molecule has 1 rings (SSSR count). The lowest BCUT2D eigenvalue weighted by atomic mass is 10.1. The second-order valence-corrected chi connectivity index (χ2v) is 4.98. The van der Waals surface area contributed by atoms with Crippen LogP contribution < -0.4 is 5.32 Å². The van der Waals surface area contributed by atoms with Crippen molar-refractivity contribution in [3.63, 3.8) is 0 Å². The number of nitrogens with zero attached hydrogens (tertiary/aromatic N) is 1. The van der Waals surface area contributed by atoms with Crippen molar-refractivity contribution in [2.24, 2.45) is 5.92 Å². The van der Waals surface area contributed by atoms with Crippen molar-refractivity contribution in [2.75, 3.05) is 13.2 Å². The zero-order chi connectivity index (χ0) is 13.2. The van der Waals surface area contributed by atoms with Crippen LogP contribution in [0.25, 0.3) is 0 Å². The van der Waals surface area contributed by atoms with Gasteiger partial charge in [-0.3, -0.25) is 4.98 Å². The van der Waals surface area contributed by atoms with Crippen molar-refractivity contribution in [3.05, 3.63) is 29.6 Å². The molecule has 0 aliphatic heterocycles. The maximum Gasteiger partial charge on any atom is 0.0891 e. The number of hydrogen-bond donors (Lipinski definition) is 1. The van der Waals surface area contributed by atoms with E-state index in [-0.39, 0.29) is 0 Å². The summed E-state index contributed by atoms with van der Waals surface area (Å²) in [7, 11) is 0. The van der Waals surface area contributed by atoms with Gasteiger partial charge in [0, 0.05) is 19.3 Å². The van der Waals surface area contributed by atoms with E-state index in [1.807, 2.05) is 12.3 Å². The minimum Gasteiger partial charge on any atom is -0.375 e. The second-order valence-electron chi connectivity index (χ2n) is 4.98. The summed E-state index contributed by atoms with van der Waals surface area (Å²) < 4.78 is 5.70. The van der Waals surface area contributed by atoms with Crippen molar-refractivity contribution in [1.82, 2.24) is 10.3 Å². The van der Waals surface area contributed by atoms with E-state index < -0.39 is 0 Å². The summed E-state index contributed by atoms with van der Waals surface area (Å²) in [6, 6.07) is 4.09. The fourth-order valence-corrected chi connectivity index (χ4v) is 1.78. The molecular weight excluding hydrogens is 224 g/mol. The first-order valence-corrected chi connectivity index (χ1v) is 6.95. The van der Waals surface area contributed by atoms with E-state index in [0.29, 0.717) is 6.61 Å². The number of ether oxygens (including phenoxy) is 1. The first kappa shape index (κ1) is 15.1. The highest BCUT2D eigenvalue weighted by Crippen LogP contribution is 2.08. The average molecular weight is 250 g/mol. The van der Waals surface area contributed by atoms with Crippen molar-refractivity contribution in [2.45, 2.75) is 46.8 Å². The Morgan fingerprint density at radius 3 is 2.94 bits per heavy atom. The highest BCUT2D eigenvalue weighted by Gasteiger charge is 2.03. The smallest absolute Gasteiger partial charge is 0.0891 e. The van der Waals surface area contributed by atoms with Crippen LogP contribution >= 0.6 is 0 Å². The van der Waals surface area contributed by atoms with Crippen LogP contribution in [0.15, 0.2) is 18.3 Å². The lowest BCUT2D eigenvalue weighted by Gasteiger charge is -2.10. The van der Waals surface area contributed by atoms with Gasteiger partial charge in [-0.15, -0.1) is 0 Å².